The van der Waals surface area contributed by atoms with Gasteiger partial charge in [0.2, 0.25) is 0 Å². The molecule has 2 N–H and O–H groups in total. The first-order chi connectivity index (χ1) is 14.7. The maximum Gasteiger partial charge on any atom is 0.191 e. The van der Waals surface area contributed by atoms with Gasteiger partial charge in [-0.25, -0.2) is 8.78 Å². The number of aliphatic imine (C=N–C) groups is 1. The molecule has 2 aromatic rings. The molecule has 0 radical (unpaired) electrons. The summed E-state index contributed by atoms with van der Waals surface area (Å²) in [7, 11) is 1.73. The van der Waals surface area contributed by atoms with E-state index in [-0.39, 0.29) is 29.6 Å². The molecule has 0 amide bonds. The summed E-state index contributed by atoms with van der Waals surface area (Å²) in [5.41, 5.74) is 1.81. The fraction of sp³-hybridized carbons (Fsp3) is 0.435. The maximum atomic E-state index is 14.0. The van der Waals surface area contributed by atoms with Crippen LogP contribution in [0.1, 0.15) is 29.5 Å². The van der Waals surface area contributed by atoms with E-state index in [1.54, 1.807) is 13.1 Å². The summed E-state index contributed by atoms with van der Waals surface area (Å²) >= 11 is 0. The lowest BCUT2D eigenvalue weighted by Crippen LogP contribution is -2.46. The maximum absolute atomic E-state index is 14.0. The first kappa shape index (κ1) is 20.8. The van der Waals surface area contributed by atoms with Crippen LogP contribution in [0.15, 0.2) is 53.5 Å². The van der Waals surface area contributed by atoms with Gasteiger partial charge in [-0.05, 0) is 35.7 Å². The van der Waals surface area contributed by atoms with Gasteiger partial charge in [0.25, 0.3) is 0 Å². The topological polar surface area (TPSA) is 48.9 Å². The van der Waals surface area contributed by atoms with Crippen LogP contribution >= 0.6 is 0 Å². The van der Waals surface area contributed by atoms with Crippen molar-refractivity contribution >= 4 is 5.96 Å². The van der Waals surface area contributed by atoms with Crippen LogP contribution in [-0.2, 0) is 4.74 Å². The number of halogens is 2. The van der Waals surface area contributed by atoms with Crippen LogP contribution in [0, 0.1) is 11.6 Å². The SMILES string of the molecule is CN=C(NCC(c1ccc(F)cc1)N1CCOCC1)NC1CC1c1ccccc1F. The molecule has 1 saturated carbocycles. The van der Waals surface area contributed by atoms with Gasteiger partial charge < -0.3 is 15.4 Å². The summed E-state index contributed by atoms with van der Waals surface area (Å²) in [6.07, 6.45) is 0.881. The minimum Gasteiger partial charge on any atom is -0.379 e. The Labute approximate surface area is 176 Å². The largest absolute Gasteiger partial charge is 0.379 e. The van der Waals surface area contributed by atoms with Crippen molar-refractivity contribution in [2.75, 3.05) is 39.9 Å². The van der Waals surface area contributed by atoms with E-state index in [0.29, 0.717) is 25.7 Å². The smallest absolute Gasteiger partial charge is 0.191 e. The molecule has 30 heavy (non-hydrogen) atoms. The molecule has 0 aromatic heterocycles. The van der Waals surface area contributed by atoms with Gasteiger partial charge in [-0.2, -0.15) is 0 Å². The third-order valence-corrected chi connectivity index (χ3v) is 5.84. The second-order valence-electron chi connectivity index (χ2n) is 7.78. The van der Waals surface area contributed by atoms with E-state index in [4.69, 9.17) is 4.74 Å². The van der Waals surface area contributed by atoms with Crippen LogP contribution in [0.4, 0.5) is 8.78 Å². The molecule has 1 saturated heterocycles. The molecule has 0 bridgehead atoms. The van der Waals surface area contributed by atoms with E-state index in [1.165, 1.54) is 18.2 Å². The molecule has 2 fully saturated rings. The first-order valence-corrected chi connectivity index (χ1v) is 10.4. The molecule has 2 aromatic carbocycles. The molecular weight excluding hydrogens is 386 g/mol. The van der Waals surface area contributed by atoms with Crippen LogP contribution in [0.5, 0.6) is 0 Å². The van der Waals surface area contributed by atoms with Crippen molar-refractivity contribution in [1.29, 1.82) is 0 Å². The van der Waals surface area contributed by atoms with Crippen LogP contribution in [-0.4, -0.2) is 56.8 Å². The molecular formula is C23H28F2N4O. The Kier molecular flexibility index (Phi) is 6.59. The number of guanidine groups is 1. The minimum absolute atomic E-state index is 0.0783. The molecule has 1 heterocycles. The van der Waals surface area contributed by atoms with Gasteiger partial charge in [0.1, 0.15) is 11.6 Å². The quantitative estimate of drug-likeness (QED) is 0.564. The molecule has 1 aliphatic heterocycles. The molecule has 1 aliphatic carbocycles. The molecule has 3 unspecified atom stereocenters. The van der Waals surface area contributed by atoms with Gasteiger partial charge in [-0.1, -0.05) is 30.3 Å². The fourth-order valence-corrected chi connectivity index (χ4v) is 4.07. The van der Waals surface area contributed by atoms with E-state index in [2.05, 4.69) is 20.5 Å². The van der Waals surface area contributed by atoms with Gasteiger partial charge in [-0.3, -0.25) is 9.89 Å². The van der Waals surface area contributed by atoms with Gasteiger partial charge in [0.05, 0.1) is 19.3 Å². The Morgan fingerprint density at radius 3 is 2.57 bits per heavy atom. The van der Waals surface area contributed by atoms with Crippen LogP contribution in [0.2, 0.25) is 0 Å². The van der Waals surface area contributed by atoms with E-state index in [9.17, 15) is 8.78 Å². The molecule has 5 nitrogen and oxygen atoms in total. The Hall–Kier alpha value is -2.51. The van der Waals surface area contributed by atoms with Gasteiger partial charge in [0.15, 0.2) is 5.96 Å². The summed E-state index contributed by atoms with van der Waals surface area (Å²) in [6.45, 7) is 3.66. The van der Waals surface area contributed by atoms with E-state index in [1.807, 2.05) is 24.3 Å². The second-order valence-corrected chi connectivity index (χ2v) is 7.78. The van der Waals surface area contributed by atoms with Crippen molar-refractivity contribution in [3.63, 3.8) is 0 Å². The number of benzene rings is 2. The standard InChI is InChI=1S/C23H28F2N4O/c1-26-23(28-21-14-19(21)18-4-2-3-5-20(18)25)27-15-22(29-10-12-30-13-11-29)16-6-8-17(24)9-7-16/h2-9,19,21-22H,10-15H2,1H3,(H2,26,27,28). The molecule has 7 heteroatoms. The Bertz CT molecular complexity index is 868. The van der Waals surface area contributed by atoms with Crippen molar-refractivity contribution in [2.24, 2.45) is 4.99 Å². The van der Waals surface area contributed by atoms with Crippen molar-refractivity contribution < 1.29 is 13.5 Å². The molecule has 0 spiro atoms. The molecule has 3 atom stereocenters. The minimum atomic E-state index is -0.238. The average Bonchev–Trinajstić information content (AvgIpc) is 3.54. The second kappa shape index (κ2) is 9.53. The van der Waals surface area contributed by atoms with Crippen molar-refractivity contribution in [1.82, 2.24) is 15.5 Å². The zero-order chi connectivity index (χ0) is 20.9. The average molecular weight is 415 g/mol. The number of hydrogen-bond acceptors (Lipinski definition) is 3. The van der Waals surface area contributed by atoms with Crippen LogP contribution in [0.25, 0.3) is 0 Å². The highest BCUT2D eigenvalue weighted by Crippen LogP contribution is 2.41. The van der Waals surface area contributed by atoms with E-state index in [0.717, 1.165) is 30.6 Å². The van der Waals surface area contributed by atoms with Gasteiger partial charge in [0, 0.05) is 38.6 Å². The summed E-state index contributed by atoms with van der Waals surface area (Å²) in [5.74, 6) is 0.465. The number of rotatable bonds is 6. The highest BCUT2D eigenvalue weighted by atomic mass is 19.1. The molecule has 160 valence electrons. The van der Waals surface area contributed by atoms with Crippen LogP contribution in [0.3, 0.4) is 0 Å². The summed E-state index contributed by atoms with van der Waals surface area (Å²) in [6, 6.07) is 13.9. The monoisotopic (exact) mass is 414 g/mol. The lowest BCUT2D eigenvalue weighted by Gasteiger charge is -2.35. The van der Waals surface area contributed by atoms with Gasteiger partial charge in [-0.15, -0.1) is 0 Å². The number of morpholine rings is 1. The normalized spacial score (nSPS) is 23.1. The van der Waals surface area contributed by atoms with Crippen LogP contribution < -0.4 is 10.6 Å². The Morgan fingerprint density at radius 1 is 1.13 bits per heavy atom. The number of ether oxygens (including phenoxy) is 1. The van der Waals surface area contributed by atoms with Crippen molar-refractivity contribution in [3.8, 4) is 0 Å². The summed E-state index contributed by atoms with van der Waals surface area (Å²) < 4.78 is 32.9. The third-order valence-electron chi connectivity index (χ3n) is 5.84. The highest BCUT2D eigenvalue weighted by molar-refractivity contribution is 5.80. The molecule has 4 rings (SSSR count). The number of nitrogens with one attached hydrogen (secondary N) is 2. The zero-order valence-corrected chi connectivity index (χ0v) is 17.2. The number of hydrogen-bond donors (Lipinski definition) is 2. The van der Waals surface area contributed by atoms with Crippen molar-refractivity contribution in [3.05, 3.63) is 71.3 Å². The Morgan fingerprint density at radius 2 is 1.87 bits per heavy atom. The summed E-state index contributed by atoms with van der Waals surface area (Å²) in [5, 5.41) is 6.81. The Balaban J connectivity index is 1.38. The van der Waals surface area contributed by atoms with E-state index < -0.39 is 0 Å². The highest BCUT2D eigenvalue weighted by Gasteiger charge is 2.40. The predicted octanol–water partition coefficient (Wildman–Crippen LogP) is 3.06. The first-order valence-electron chi connectivity index (χ1n) is 10.4. The summed E-state index contributed by atoms with van der Waals surface area (Å²) in [4.78, 5) is 6.68. The number of nitrogens with zero attached hydrogens (tertiary/aromatic N) is 2. The lowest BCUT2D eigenvalue weighted by molar-refractivity contribution is 0.0170. The fourth-order valence-electron chi connectivity index (χ4n) is 4.07. The lowest BCUT2D eigenvalue weighted by atomic mass is 10.0. The predicted molar refractivity (Wildman–Crippen MR) is 114 cm³/mol. The van der Waals surface area contributed by atoms with Crippen molar-refractivity contribution in [2.45, 2.75) is 24.4 Å². The molecule has 2 aliphatic rings. The zero-order valence-electron chi connectivity index (χ0n) is 17.2. The third kappa shape index (κ3) is 4.96. The van der Waals surface area contributed by atoms with E-state index >= 15 is 0 Å². The van der Waals surface area contributed by atoms with Gasteiger partial charge >= 0.3 is 0 Å².